The minimum Gasteiger partial charge on any atom is -0.477 e. The van der Waals surface area contributed by atoms with Crippen LogP contribution in [0.2, 0.25) is 0 Å². The van der Waals surface area contributed by atoms with E-state index in [1.54, 1.807) is 6.92 Å². The van der Waals surface area contributed by atoms with Crippen molar-refractivity contribution in [3.8, 4) is 0 Å². The number of carbonyl (C=O) groups excluding carboxylic acids is 1. The Morgan fingerprint density at radius 2 is 2.11 bits per heavy atom. The van der Waals surface area contributed by atoms with E-state index in [1.807, 2.05) is 0 Å². The van der Waals surface area contributed by atoms with Gasteiger partial charge in [0.25, 0.3) is 0 Å². The molecular weight excluding hydrogens is 292 g/mol. The first-order valence-electron chi connectivity index (χ1n) is 5.34. The van der Waals surface area contributed by atoms with E-state index in [0.29, 0.717) is 6.54 Å². The van der Waals surface area contributed by atoms with E-state index in [9.17, 15) is 18.0 Å². The van der Waals surface area contributed by atoms with Crippen molar-refractivity contribution in [3.63, 3.8) is 0 Å². The Morgan fingerprint density at radius 1 is 1.47 bits per heavy atom. The monoisotopic (exact) mass is 306 g/mol. The molecule has 9 heteroatoms. The fourth-order valence-electron chi connectivity index (χ4n) is 1.36. The average molecular weight is 306 g/mol. The van der Waals surface area contributed by atoms with Gasteiger partial charge in [0, 0.05) is 13.6 Å². The van der Waals surface area contributed by atoms with Gasteiger partial charge in [0.15, 0.2) is 0 Å². The SMILES string of the molecule is CCNC(=O)CN(C)S(=O)(=O)c1ccsc1C(=O)O. The molecule has 7 nitrogen and oxygen atoms in total. The molecule has 0 saturated heterocycles. The summed E-state index contributed by atoms with van der Waals surface area (Å²) >= 11 is 0.825. The number of sulfonamides is 1. The molecule has 1 aromatic heterocycles. The molecule has 1 aromatic rings. The third kappa shape index (κ3) is 3.52. The van der Waals surface area contributed by atoms with Gasteiger partial charge >= 0.3 is 5.97 Å². The van der Waals surface area contributed by atoms with Crippen molar-refractivity contribution in [3.05, 3.63) is 16.3 Å². The number of carboxylic acids is 1. The molecule has 0 aromatic carbocycles. The molecule has 1 amide bonds. The van der Waals surface area contributed by atoms with Crippen molar-refractivity contribution in [2.45, 2.75) is 11.8 Å². The predicted molar refractivity (Wildman–Crippen MR) is 69.8 cm³/mol. The number of thiophene rings is 1. The highest BCUT2D eigenvalue weighted by molar-refractivity contribution is 7.89. The van der Waals surface area contributed by atoms with Gasteiger partial charge in [-0.1, -0.05) is 0 Å². The normalized spacial score (nSPS) is 11.5. The van der Waals surface area contributed by atoms with Gasteiger partial charge in [-0.3, -0.25) is 4.79 Å². The van der Waals surface area contributed by atoms with Crippen LogP contribution in [-0.4, -0.2) is 49.8 Å². The maximum absolute atomic E-state index is 12.1. The standard InChI is InChI=1S/C10H14N2O5S2/c1-3-11-8(13)6-12(2)19(16,17)7-4-5-18-9(7)10(14)15/h4-5H,3,6H2,1-2H3,(H,11,13)(H,14,15). The first kappa shape index (κ1) is 15.6. The van der Waals surface area contributed by atoms with Gasteiger partial charge < -0.3 is 10.4 Å². The van der Waals surface area contributed by atoms with E-state index in [-0.39, 0.29) is 16.3 Å². The van der Waals surface area contributed by atoms with E-state index >= 15 is 0 Å². The summed E-state index contributed by atoms with van der Waals surface area (Å²) in [5.74, 6) is -1.75. The van der Waals surface area contributed by atoms with Gasteiger partial charge in [-0.25, -0.2) is 13.2 Å². The van der Waals surface area contributed by atoms with Crippen molar-refractivity contribution < 1.29 is 23.1 Å². The molecule has 0 radical (unpaired) electrons. The third-order valence-electron chi connectivity index (χ3n) is 2.25. The number of hydrogen-bond donors (Lipinski definition) is 2. The molecule has 106 valence electrons. The van der Waals surface area contributed by atoms with Crippen LogP contribution in [0.3, 0.4) is 0 Å². The lowest BCUT2D eigenvalue weighted by Crippen LogP contribution is -2.38. The zero-order valence-corrected chi connectivity index (χ0v) is 12.0. The van der Waals surface area contributed by atoms with E-state index in [0.717, 1.165) is 15.6 Å². The number of carbonyl (C=O) groups is 2. The summed E-state index contributed by atoms with van der Waals surface area (Å²) in [6.45, 7) is 1.75. The molecule has 0 spiro atoms. The summed E-state index contributed by atoms with van der Waals surface area (Å²) in [5, 5.41) is 12.8. The van der Waals surface area contributed by atoms with E-state index in [2.05, 4.69) is 5.32 Å². The summed E-state index contributed by atoms with van der Waals surface area (Å²) in [4.78, 5) is 21.7. The van der Waals surface area contributed by atoms with Gasteiger partial charge in [0.1, 0.15) is 9.77 Å². The van der Waals surface area contributed by atoms with Crippen LogP contribution >= 0.6 is 11.3 Å². The quantitative estimate of drug-likeness (QED) is 0.781. The zero-order valence-electron chi connectivity index (χ0n) is 10.4. The number of nitrogens with one attached hydrogen (secondary N) is 1. The van der Waals surface area contributed by atoms with Crippen LogP contribution in [0.4, 0.5) is 0 Å². The fraction of sp³-hybridized carbons (Fsp3) is 0.400. The van der Waals surface area contributed by atoms with Crippen molar-refractivity contribution in [2.75, 3.05) is 20.1 Å². The summed E-state index contributed by atoms with van der Waals surface area (Å²) in [5.41, 5.74) is 0. The molecule has 0 aliphatic carbocycles. The van der Waals surface area contributed by atoms with Crippen LogP contribution in [-0.2, 0) is 14.8 Å². The molecule has 1 heterocycles. The lowest BCUT2D eigenvalue weighted by molar-refractivity contribution is -0.121. The molecule has 0 fully saturated rings. The largest absolute Gasteiger partial charge is 0.477 e. The second-order valence-corrected chi connectivity index (χ2v) is 6.56. The van der Waals surface area contributed by atoms with Crippen molar-refractivity contribution in [1.82, 2.24) is 9.62 Å². The summed E-state index contributed by atoms with van der Waals surface area (Å²) < 4.78 is 25.1. The van der Waals surface area contributed by atoms with Gasteiger partial charge in [0.2, 0.25) is 15.9 Å². The molecule has 0 saturated carbocycles. The van der Waals surface area contributed by atoms with Gasteiger partial charge in [-0.15, -0.1) is 11.3 Å². The maximum Gasteiger partial charge on any atom is 0.347 e. The van der Waals surface area contributed by atoms with Crippen LogP contribution in [0.15, 0.2) is 16.3 Å². The lowest BCUT2D eigenvalue weighted by Gasteiger charge is -2.16. The Hall–Kier alpha value is -1.45. The Kier molecular flexibility index (Phi) is 5.04. The van der Waals surface area contributed by atoms with Crippen LogP contribution in [0.1, 0.15) is 16.6 Å². The highest BCUT2D eigenvalue weighted by Gasteiger charge is 2.28. The third-order valence-corrected chi connectivity index (χ3v) is 5.13. The molecule has 1 rings (SSSR count). The highest BCUT2D eigenvalue weighted by Crippen LogP contribution is 2.24. The molecule has 0 aliphatic heterocycles. The van der Waals surface area contributed by atoms with Crippen LogP contribution in [0.25, 0.3) is 0 Å². The number of amides is 1. The van der Waals surface area contributed by atoms with Crippen molar-refractivity contribution >= 4 is 33.2 Å². The van der Waals surface area contributed by atoms with Crippen LogP contribution in [0.5, 0.6) is 0 Å². The minimum absolute atomic E-state index is 0.261. The summed E-state index contributed by atoms with van der Waals surface area (Å²) in [6, 6.07) is 1.22. The van der Waals surface area contributed by atoms with E-state index in [4.69, 9.17) is 5.11 Å². The lowest BCUT2D eigenvalue weighted by atomic mass is 10.5. The number of carboxylic acid groups (broad SMARTS) is 1. The number of nitrogens with zero attached hydrogens (tertiary/aromatic N) is 1. The molecular formula is C10H14N2O5S2. The first-order valence-corrected chi connectivity index (χ1v) is 7.66. The Labute approximate surface area is 114 Å². The Morgan fingerprint density at radius 3 is 2.63 bits per heavy atom. The van der Waals surface area contributed by atoms with Gasteiger partial charge in [-0.2, -0.15) is 4.31 Å². The van der Waals surface area contributed by atoms with Gasteiger partial charge in [0.05, 0.1) is 6.54 Å². The number of hydrogen-bond acceptors (Lipinski definition) is 5. The van der Waals surface area contributed by atoms with Crippen LogP contribution in [0, 0.1) is 0 Å². The van der Waals surface area contributed by atoms with Gasteiger partial charge in [-0.05, 0) is 18.4 Å². The second-order valence-electron chi connectivity index (χ2n) is 3.63. The minimum atomic E-state index is -3.98. The summed E-state index contributed by atoms with van der Waals surface area (Å²) in [6.07, 6.45) is 0. The van der Waals surface area contributed by atoms with E-state index in [1.165, 1.54) is 18.5 Å². The number of likely N-dealkylation sites (N-methyl/N-ethyl adjacent to an activating group) is 2. The summed E-state index contributed by atoms with van der Waals surface area (Å²) in [7, 11) is -2.75. The maximum atomic E-state index is 12.1. The number of rotatable bonds is 6. The fourth-order valence-corrected chi connectivity index (χ4v) is 3.72. The molecule has 0 unspecified atom stereocenters. The first-order chi connectivity index (χ1) is 8.80. The molecule has 0 aliphatic rings. The second kappa shape index (κ2) is 6.13. The van der Waals surface area contributed by atoms with Crippen LogP contribution < -0.4 is 5.32 Å². The molecule has 0 atom stereocenters. The molecule has 2 N–H and O–H groups in total. The molecule has 19 heavy (non-hydrogen) atoms. The number of aromatic carboxylic acids is 1. The zero-order chi connectivity index (χ0) is 14.6. The van der Waals surface area contributed by atoms with Crippen molar-refractivity contribution in [1.29, 1.82) is 0 Å². The Bertz CT molecular complexity index is 578. The smallest absolute Gasteiger partial charge is 0.347 e. The van der Waals surface area contributed by atoms with E-state index < -0.39 is 21.9 Å². The Balaban J connectivity index is 3.00. The average Bonchev–Trinajstić information content (AvgIpc) is 2.78. The molecule has 0 bridgehead atoms. The highest BCUT2D eigenvalue weighted by atomic mass is 32.2. The van der Waals surface area contributed by atoms with Crippen molar-refractivity contribution in [2.24, 2.45) is 0 Å². The predicted octanol–water partition coefficient (Wildman–Crippen LogP) is 0.203. The topological polar surface area (TPSA) is 104 Å².